The monoisotopic (exact) mass is 626 g/mol. The highest BCUT2D eigenvalue weighted by molar-refractivity contribution is 6.07. The lowest BCUT2D eigenvalue weighted by atomic mass is 9.94. The van der Waals surface area contributed by atoms with E-state index >= 15 is 0 Å². The van der Waals surface area contributed by atoms with E-state index in [1.165, 1.54) is 42.5 Å². The van der Waals surface area contributed by atoms with Crippen molar-refractivity contribution in [1.29, 1.82) is 0 Å². The molecule has 0 saturated heterocycles. The summed E-state index contributed by atoms with van der Waals surface area (Å²) < 4.78 is 90.3. The highest BCUT2D eigenvalue weighted by Crippen LogP contribution is 2.30. The number of nitrogens with one attached hydrogen (secondary N) is 1. The number of alkyl halides is 4. The lowest BCUT2D eigenvalue weighted by molar-refractivity contribution is -0.253. The van der Waals surface area contributed by atoms with Crippen molar-refractivity contribution in [1.82, 2.24) is 5.32 Å². The summed E-state index contributed by atoms with van der Waals surface area (Å²) in [4.78, 5) is 25.9. The van der Waals surface area contributed by atoms with Crippen LogP contribution in [0.5, 0.6) is 5.75 Å². The van der Waals surface area contributed by atoms with Crippen LogP contribution in [-0.2, 0) is 16.0 Å². The molecule has 2 unspecified atom stereocenters. The molecule has 4 rings (SSSR count). The van der Waals surface area contributed by atoms with Crippen LogP contribution in [0.3, 0.4) is 0 Å². The highest BCUT2D eigenvalue weighted by Gasteiger charge is 2.44. The molecule has 0 aliphatic carbocycles. The zero-order valence-electron chi connectivity index (χ0n) is 22.1. The maximum Gasteiger partial charge on any atom is 0.461 e. The predicted molar refractivity (Wildman–Crippen MR) is 148 cm³/mol. The minimum absolute atomic E-state index is 0. The van der Waals surface area contributed by atoms with Gasteiger partial charge >= 0.3 is 18.5 Å². The normalized spacial score (nSPS) is 12.7. The van der Waals surface area contributed by atoms with Crippen LogP contribution in [0.15, 0.2) is 84.9 Å². The molecule has 3 N–H and O–H groups in total. The zero-order chi connectivity index (χ0) is 30.4. The molecule has 43 heavy (non-hydrogen) atoms. The number of hydrogen-bond donors (Lipinski definition) is 2. The summed E-state index contributed by atoms with van der Waals surface area (Å²) in [5.74, 6) is -3.30. The average Bonchev–Trinajstić information content (AvgIpc) is 2.96. The van der Waals surface area contributed by atoms with Crippen LogP contribution in [0.2, 0.25) is 0 Å². The van der Waals surface area contributed by atoms with E-state index in [1.807, 2.05) is 0 Å². The lowest BCUT2D eigenvalue weighted by Gasteiger charge is -2.29. The Morgan fingerprint density at radius 1 is 0.884 bits per heavy atom. The molecule has 4 aromatic carbocycles. The Morgan fingerprint density at radius 3 is 2.21 bits per heavy atom. The fraction of sp³-hybridized carbons (Fsp3) is 0.200. The van der Waals surface area contributed by atoms with Crippen molar-refractivity contribution in [3.63, 3.8) is 0 Å². The third-order valence-corrected chi connectivity index (χ3v) is 6.28. The molecule has 228 valence electrons. The number of hydrogen-bond acceptors (Lipinski definition) is 5. The van der Waals surface area contributed by atoms with Gasteiger partial charge in [0.1, 0.15) is 23.5 Å². The molecule has 6 nitrogen and oxygen atoms in total. The van der Waals surface area contributed by atoms with Crippen LogP contribution in [-0.4, -0.2) is 37.0 Å². The average molecular weight is 627 g/mol. The SMILES string of the molecule is Cl.NCC(=O)OC(c1ccc(F)cc1)C(Cc1cccc(OC(F)(F)C(F)F)c1)NC(=O)c1ccc(F)c2ccccc12. The molecule has 0 saturated carbocycles. The van der Waals surface area contributed by atoms with Crippen molar-refractivity contribution in [3.8, 4) is 5.75 Å². The van der Waals surface area contributed by atoms with E-state index in [0.717, 1.165) is 30.3 Å². The van der Waals surface area contributed by atoms with E-state index < -0.39 is 60.5 Å². The molecule has 0 bridgehead atoms. The second-order valence-corrected chi connectivity index (χ2v) is 9.20. The van der Waals surface area contributed by atoms with Gasteiger partial charge in [-0.2, -0.15) is 17.6 Å². The molecule has 0 spiro atoms. The maximum atomic E-state index is 14.4. The first-order valence-corrected chi connectivity index (χ1v) is 12.6. The largest absolute Gasteiger partial charge is 0.461 e. The van der Waals surface area contributed by atoms with E-state index in [1.54, 1.807) is 12.1 Å². The number of benzene rings is 4. The fourth-order valence-electron chi connectivity index (χ4n) is 4.36. The van der Waals surface area contributed by atoms with Gasteiger partial charge in [0, 0.05) is 10.9 Å². The molecule has 0 aliphatic rings. The van der Waals surface area contributed by atoms with Gasteiger partial charge in [-0.15, -0.1) is 12.4 Å². The van der Waals surface area contributed by atoms with Gasteiger partial charge in [-0.25, -0.2) is 8.78 Å². The quantitative estimate of drug-likeness (QED) is 0.149. The van der Waals surface area contributed by atoms with Gasteiger partial charge in [-0.1, -0.05) is 48.5 Å². The van der Waals surface area contributed by atoms with Crippen LogP contribution in [0.1, 0.15) is 27.6 Å². The molecule has 0 aliphatic heterocycles. The van der Waals surface area contributed by atoms with E-state index in [0.29, 0.717) is 0 Å². The second-order valence-electron chi connectivity index (χ2n) is 9.20. The maximum absolute atomic E-state index is 14.4. The third-order valence-electron chi connectivity index (χ3n) is 6.28. The minimum Gasteiger partial charge on any atom is -0.454 e. The number of carbonyl (C=O) groups is 2. The summed E-state index contributed by atoms with van der Waals surface area (Å²) in [6.07, 6.45) is -10.3. The third kappa shape index (κ3) is 8.17. The number of fused-ring (bicyclic) bond motifs is 1. The van der Waals surface area contributed by atoms with Crippen LogP contribution in [0.25, 0.3) is 10.8 Å². The van der Waals surface area contributed by atoms with Crippen molar-refractivity contribution in [2.45, 2.75) is 31.1 Å². The van der Waals surface area contributed by atoms with E-state index in [9.17, 15) is 35.9 Å². The van der Waals surface area contributed by atoms with Crippen LogP contribution >= 0.6 is 12.4 Å². The Kier molecular flexibility index (Phi) is 11.0. The molecular weight excluding hydrogens is 602 g/mol. The Bertz CT molecular complexity index is 1570. The van der Waals surface area contributed by atoms with Crippen LogP contribution < -0.4 is 15.8 Å². The zero-order valence-corrected chi connectivity index (χ0v) is 22.9. The van der Waals surface area contributed by atoms with Crippen molar-refractivity contribution in [2.24, 2.45) is 5.73 Å². The van der Waals surface area contributed by atoms with Crippen molar-refractivity contribution < 1.29 is 45.4 Å². The molecule has 4 aromatic rings. The summed E-state index contributed by atoms with van der Waals surface area (Å²) in [6.45, 7) is -0.535. The number of halogens is 7. The smallest absolute Gasteiger partial charge is 0.454 e. The molecular formula is C30H25ClF6N2O4. The van der Waals surface area contributed by atoms with E-state index in [2.05, 4.69) is 10.1 Å². The number of carbonyl (C=O) groups excluding carboxylic acids is 2. The summed E-state index contributed by atoms with van der Waals surface area (Å²) in [5, 5.41) is 3.20. The molecule has 13 heteroatoms. The Labute approximate surface area is 248 Å². The number of nitrogens with two attached hydrogens (primary N) is 1. The molecule has 0 fully saturated rings. The van der Waals surface area contributed by atoms with Crippen LogP contribution in [0.4, 0.5) is 26.3 Å². The van der Waals surface area contributed by atoms with Gasteiger partial charge in [0.05, 0.1) is 12.6 Å². The lowest BCUT2D eigenvalue weighted by Crippen LogP contribution is -2.43. The molecule has 2 atom stereocenters. The van der Waals surface area contributed by atoms with Gasteiger partial charge in [-0.3, -0.25) is 9.59 Å². The van der Waals surface area contributed by atoms with Crippen molar-refractivity contribution in [2.75, 3.05) is 6.54 Å². The first-order valence-electron chi connectivity index (χ1n) is 12.6. The standard InChI is InChI=1S/C30H24F6N2O4.ClH/c31-19-10-8-18(9-11-19)27(41-26(39)16-37)25(15-17-4-3-5-20(14-17)42-30(35,36)29(33)34)38-28(40)23-12-13-24(32)22-7-2-1-6-21(22)23;/h1-14,25,27,29H,15-16,37H2,(H,38,40);1H. The number of esters is 1. The first-order chi connectivity index (χ1) is 20.0. The number of rotatable bonds is 11. The molecule has 0 heterocycles. The Morgan fingerprint density at radius 2 is 1.56 bits per heavy atom. The molecule has 0 radical (unpaired) electrons. The van der Waals surface area contributed by atoms with Gasteiger partial charge in [-0.05, 0) is 59.3 Å². The second kappa shape index (κ2) is 14.3. The summed E-state index contributed by atoms with van der Waals surface area (Å²) in [6, 6.07) is 17.2. The molecule has 1 amide bonds. The highest BCUT2D eigenvalue weighted by atomic mass is 35.5. The topological polar surface area (TPSA) is 90.7 Å². The number of amides is 1. The first kappa shape index (κ1) is 33.2. The Hall–Kier alpha value is -4.29. The Balaban J connectivity index is 0.00000506. The fourth-order valence-corrected chi connectivity index (χ4v) is 4.36. The van der Waals surface area contributed by atoms with Gasteiger partial charge in [0.2, 0.25) is 0 Å². The minimum atomic E-state index is -4.76. The predicted octanol–water partition coefficient (Wildman–Crippen LogP) is 6.36. The summed E-state index contributed by atoms with van der Waals surface area (Å²) in [5.41, 5.74) is 6.00. The number of ether oxygens (including phenoxy) is 2. The van der Waals surface area contributed by atoms with Crippen LogP contribution in [0, 0.1) is 11.6 Å². The summed E-state index contributed by atoms with van der Waals surface area (Å²) >= 11 is 0. The van der Waals surface area contributed by atoms with E-state index in [4.69, 9.17) is 10.5 Å². The van der Waals surface area contributed by atoms with Crippen molar-refractivity contribution in [3.05, 3.63) is 113 Å². The van der Waals surface area contributed by atoms with Crippen molar-refractivity contribution >= 4 is 35.1 Å². The molecule has 0 aromatic heterocycles. The summed E-state index contributed by atoms with van der Waals surface area (Å²) in [7, 11) is 0. The van der Waals surface area contributed by atoms with E-state index in [-0.39, 0.29) is 46.3 Å². The van der Waals surface area contributed by atoms with Gasteiger partial charge in [0.15, 0.2) is 0 Å². The van der Waals surface area contributed by atoms with Gasteiger partial charge < -0.3 is 20.5 Å². The van der Waals surface area contributed by atoms with Gasteiger partial charge in [0.25, 0.3) is 5.91 Å².